The van der Waals surface area contributed by atoms with E-state index in [1.54, 1.807) is 7.05 Å². The van der Waals surface area contributed by atoms with Gasteiger partial charge >= 0.3 is 0 Å². The molecular weight excluding hydrogens is 388 g/mol. The summed E-state index contributed by atoms with van der Waals surface area (Å²) in [5.74, 6) is 0.601. The molecule has 7 heteroatoms. The zero-order valence-electron chi connectivity index (χ0n) is 16.6. The fourth-order valence-corrected chi connectivity index (χ4v) is 3.39. The number of guanidine groups is 1. The van der Waals surface area contributed by atoms with Crippen LogP contribution in [0.15, 0.2) is 53.5 Å². The molecule has 0 bridgehead atoms. The van der Waals surface area contributed by atoms with E-state index in [-0.39, 0.29) is 12.0 Å². The standard InChI is InChI=1S/C22H27ClN4O2/c1-24-22(27-14-17-6-3-8-19(23)12-17)26-13-16-5-2-7-18(11-16)21(28)25-15-20-9-4-10-29-20/h2-3,5-8,11-12,20H,4,9-10,13-15H2,1H3,(H,25,28)(H2,24,26,27). The van der Waals surface area contributed by atoms with Gasteiger partial charge in [0.05, 0.1) is 6.10 Å². The molecule has 0 spiro atoms. The van der Waals surface area contributed by atoms with Crippen molar-refractivity contribution < 1.29 is 9.53 Å². The molecule has 2 aromatic carbocycles. The van der Waals surface area contributed by atoms with Crippen LogP contribution < -0.4 is 16.0 Å². The SMILES string of the molecule is CN=C(NCc1cccc(Cl)c1)NCc1cccc(C(=O)NCC2CCCO2)c1. The van der Waals surface area contributed by atoms with Crippen LogP contribution in [0.25, 0.3) is 0 Å². The molecule has 3 rings (SSSR count). The Balaban J connectivity index is 1.48. The highest BCUT2D eigenvalue weighted by molar-refractivity contribution is 6.30. The van der Waals surface area contributed by atoms with E-state index in [0.29, 0.717) is 36.2 Å². The Morgan fingerprint density at radius 3 is 2.48 bits per heavy atom. The minimum atomic E-state index is -0.0780. The molecule has 1 saturated heterocycles. The van der Waals surface area contributed by atoms with Crippen LogP contribution in [0.1, 0.15) is 34.3 Å². The van der Waals surface area contributed by atoms with E-state index < -0.39 is 0 Å². The van der Waals surface area contributed by atoms with Gasteiger partial charge in [0.15, 0.2) is 5.96 Å². The monoisotopic (exact) mass is 414 g/mol. The van der Waals surface area contributed by atoms with Gasteiger partial charge < -0.3 is 20.7 Å². The van der Waals surface area contributed by atoms with E-state index in [1.165, 1.54) is 0 Å². The van der Waals surface area contributed by atoms with Gasteiger partial charge in [-0.15, -0.1) is 0 Å². The van der Waals surface area contributed by atoms with E-state index in [1.807, 2.05) is 48.5 Å². The maximum Gasteiger partial charge on any atom is 0.251 e. The molecule has 6 nitrogen and oxygen atoms in total. The highest BCUT2D eigenvalue weighted by Crippen LogP contribution is 2.12. The molecule has 1 atom stereocenters. The molecule has 0 saturated carbocycles. The summed E-state index contributed by atoms with van der Waals surface area (Å²) >= 11 is 6.02. The lowest BCUT2D eigenvalue weighted by Gasteiger charge is -2.13. The van der Waals surface area contributed by atoms with Crippen LogP contribution in [0, 0.1) is 0 Å². The molecular formula is C22H27ClN4O2. The van der Waals surface area contributed by atoms with Gasteiger partial charge in [-0.1, -0.05) is 35.9 Å². The number of rotatable bonds is 7. The van der Waals surface area contributed by atoms with Gasteiger partial charge in [0.2, 0.25) is 0 Å². The molecule has 0 radical (unpaired) electrons. The van der Waals surface area contributed by atoms with Crippen LogP contribution >= 0.6 is 11.6 Å². The Morgan fingerprint density at radius 1 is 1.10 bits per heavy atom. The first-order chi connectivity index (χ1) is 14.1. The van der Waals surface area contributed by atoms with Crippen molar-refractivity contribution in [2.75, 3.05) is 20.2 Å². The number of benzene rings is 2. The van der Waals surface area contributed by atoms with Crippen LogP contribution in [0.3, 0.4) is 0 Å². The average Bonchev–Trinajstić information content (AvgIpc) is 3.26. The number of nitrogens with zero attached hydrogens (tertiary/aromatic N) is 1. The summed E-state index contributed by atoms with van der Waals surface area (Å²) in [5, 5.41) is 10.2. The Bertz CT molecular complexity index is 850. The first-order valence-corrected chi connectivity index (χ1v) is 10.2. The molecule has 1 heterocycles. The summed E-state index contributed by atoms with van der Waals surface area (Å²) < 4.78 is 5.55. The minimum absolute atomic E-state index is 0.0780. The van der Waals surface area contributed by atoms with Gasteiger partial charge in [-0.3, -0.25) is 9.79 Å². The zero-order chi connectivity index (χ0) is 20.5. The first kappa shape index (κ1) is 21.1. The molecule has 1 aliphatic rings. The average molecular weight is 415 g/mol. The van der Waals surface area contributed by atoms with Crippen molar-refractivity contribution in [2.24, 2.45) is 4.99 Å². The predicted molar refractivity (Wildman–Crippen MR) is 116 cm³/mol. The number of aliphatic imine (C=N–C) groups is 1. The third kappa shape index (κ3) is 6.76. The van der Waals surface area contributed by atoms with Gasteiger partial charge in [-0.25, -0.2) is 0 Å². The van der Waals surface area contributed by atoms with Crippen LogP contribution in [-0.4, -0.2) is 38.2 Å². The normalized spacial score (nSPS) is 16.5. The Morgan fingerprint density at radius 2 is 1.83 bits per heavy atom. The van der Waals surface area contributed by atoms with E-state index in [0.717, 1.165) is 30.6 Å². The molecule has 2 aromatic rings. The van der Waals surface area contributed by atoms with Crippen LogP contribution in [0.4, 0.5) is 0 Å². The highest BCUT2D eigenvalue weighted by Gasteiger charge is 2.16. The van der Waals surface area contributed by atoms with Crippen molar-refractivity contribution in [3.63, 3.8) is 0 Å². The van der Waals surface area contributed by atoms with Gasteiger partial charge in [0.25, 0.3) is 5.91 Å². The molecule has 1 amide bonds. The van der Waals surface area contributed by atoms with Gasteiger partial charge in [-0.05, 0) is 48.2 Å². The number of halogens is 1. The van der Waals surface area contributed by atoms with Crippen LogP contribution in [0.5, 0.6) is 0 Å². The smallest absolute Gasteiger partial charge is 0.251 e. The minimum Gasteiger partial charge on any atom is -0.376 e. The van der Waals surface area contributed by atoms with Crippen molar-refractivity contribution in [1.82, 2.24) is 16.0 Å². The zero-order valence-corrected chi connectivity index (χ0v) is 17.3. The summed E-state index contributed by atoms with van der Waals surface area (Å²) in [4.78, 5) is 16.6. The number of ether oxygens (including phenoxy) is 1. The van der Waals surface area contributed by atoms with E-state index in [2.05, 4.69) is 20.9 Å². The Hall–Kier alpha value is -2.57. The van der Waals surface area contributed by atoms with Gasteiger partial charge in [0, 0.05) is 43.9 Å². The molecule has 154 valence electrons. The summed E-state index contributed by atoms with van der Waals surface area (Å²) in [7, 11) is 1.72. The van der Waals surface area contributed by atoms with Crippen molar-refractivity contribution in [2.45, 2.75) is 32.0 Å². The topological polar surface area (TPSA) is 74.8 Å². The van der Waals surface area contributed by atoms with Crippen molar-refractivity contribution in [3.05, 3.63) is 70.2 Å². The van der Waals surface area contributed by atoms with Crippen LogP contribution in [0.2, 0.25) is 5.02 Å². The second-order valence-corrected chi connectivity index (χ2v) is 7.39. The Labute approximate surface area is 176 Å². The molecule has 29 heavy (non-hydrogen) atoms. The predicted octanol–water partition coefficient (Wildman–Crippen LogP) is 3.11. The quantitative estimate of drug-likeness (QED) is 0.480. The van der Waals surface area contributed by atoms with Crippen molar-refractivity contribution in [1.29, 1.82) is 0 Å². The third-order valence-corrected chi connectivity index (χ3v) is 4.97. The maximum atomic E-state index is 12.4. The molecule has 1 unspecified atom stereocenters. The summed E-state index contributed by atoms with van der Waals surface area (Å²) in [6.45, 7) is 2.52. The number of carbonyl (C=O) groups excluding carboxylic acids is 1. The second-order valence-electron chi connectivity index (χ2n) is 6.95. The number of nitrogens with one attached hydrogen (secondary N) is 3. The maximum absolute atomic E-state index is 12.4. The lowest BCUT2D eigenvalue weighted by atomic mass is 10.1. The Kier molecular flexibility index (Phi) is 7.90. The summed E-state index contributed by atoms with van der Waals surface area (Å²) in [6.07, 6.45) is 2.21. The summed E-state index contributed by atoms with van der Waals surface area (Å²) in [6, 6.07) is 15.3. The van der Waals surface area contributed by atoms with Crippen LogP contribution in [-0.2, 0) is 17.8 Å². The molecule has 1 aliphatic heterocycles. The van der Waals surface area contributed by atoms with E-state index in [9.17, 15) is 4.79 Å². The lowest BCUT2D eigenvalue weighted by molar-refractivity contribution is 0.0857. The lowest BCUT2D eigenvalue weighted by Crippen LogP contribution is -2.36. The van der Waals surface area contributed by atoms with Gasteiger partial charge in [-0.2, -0.15) is 0 Å². The fraction of sp³-hybridized carbons (Fsp3) is 0.364. The number of amides is 1. The summed E-state index contributed by atoms with van der Waals surface area (Å²) in [5.41, 5.74) is 2.72. The molecule has 1 fully saturated rings. The van der Waals surface area contributed by atoms with Crippen molar-refractivity contribution >= 4 is 23.5 Å². The fourth-order valence-electron chi connectivity index (χ4n) is 3.18. The number of hydrogen-bond donors (Lipinski definition) is 3. The number of hydrogen-bond acceptors (Lipinski definition) is 3. The third-order valence-electron chi connectivity index (χ3n) is 4.74. The van der Waals surface area contributed by atoms with E-state index in [4.69, 9.17) is 16.3 Å². The highest BCUT2D eigenvalue weighted by atomic mass is 35.5. The van der Waals surface area contributed by atoms with Crippen molar-refractivity contribution in [3.8, 4) is 0 Å². The second kappa shape index (κ2) is 10.8. The number of carbonyl (C=O) groups is 1. The largest absolute Gasteiger partial charge is 0.376 e. The first-order valence-electron chi connectivity index (χ1n) is 9.82. The molecule has 0 aromatic heterocycles. The van der Waals surface area contributed by atoms with E-state index >= 15 is 0 Å². The van der Waals surface area contributed by atoms with Gasteiger partial charge in [0.1, 0.15) is 0 Å². The molecule has 0 aliphatic carbocycles. The molecule has 3 N–H and O–H groups in total.